The van der Waals surface area contributed by atoms with E-state index >= 15 is 4.39 Å². The third-order valence-electron chi connectivity index (χ3n) is 8.66. The second-order valence-corrected chi connectivity index (χ2v) is 12.2. The number of hydrogen-bond donors (Lipinski definition) is 1. The molecule has 2 aromatic carbocycles. The highest BCUT2D eigenvalue weighted by atomic mass is 35.5. The van der Waals surface area contributed by atoms with E-state index in [1.807, 2.05) is 25.1 Å². The number of nitrogens with one attached hydrogen (secondary N) is 1. The minimum Gasteiger partial charge on any atom is -0.362 e. The quantitative estimate of drug-likeness (QED) is 0.224. The van der Waals surface area contributed by atoms with Crippen molar-refractivity contribution in [2.75, 3.05) is 63.4 Å². The van der Waals surface area contributed by atoms with Gasteiger partial charge in [0.1, 0.15) is 11.3 Å². The number of likely N-dealkylation sites (N-methyl/N-ethyl adjacent to an activating group) is 1. The first-order chi connectivity index (χ1) is 20.2. The van der Waals surface area contributed by atoms with Gasteiger partial charge in [0.05, 0.1) is 35.7 Å². The predicted molar refractivity (Wildman–Crippen MR) is 168 cm³/mol. The van der Waals surface area contributed by atoms with Gasteiger partial charge in [0.2, 0.25) is 5.95 Å². The molecule has 2 fully saturated rings. The molecular formula is C31H38ClFN8O. The normalized spacial score (nSPS) is 20.2. The summed E-state index contributed by atoms with van der Waals surface area (Å²) >= 11 is 6.95. The van der Waals surface area contributed by atoms with Crippen LogP contribution in [-0.4, -0.2) is 101 Å². The number of nitrogens with zero attached hydrogens (tertiary/aromatic N) is 7. The van der Waals surface area contributed by atoms with E-state index in [-0.39, 0.29) is 17.6 Å². The zero-order chi connectivity index (χ0) is 29.7. The van der Waals surface area contributed by atoms with Crippen molar-refractivity contribution in [3.8, 4) is 11.1 Å². The molecule has 2 aromatic heterocycles. The molecule has 0 amide bonds. The number of aromatic amines is 1. The Morgan fingerprint density at radius 3 is 2.64 bits per heavy atom. The van der Waals surface area contributed by atoms with Crippen LogP contribution in [0.25, 0.3) is 33.1 Å². The van der Waals surface area contributed by atoms with Crippen molar-refractivity contribution in [3.63, 3.8) is 0 Å². The Hall–Kier alpha value is -3.31. The minimum atomic E-state index is -0.456. The summed E-state index contributed by atoms with van der Waals surface area (Å²) in [6, 6.07) is 6.43. The zero-order valence-electron chi connectivity index (χ0n) is 24.9. The van der Waals surface area contributed by atoms with Crippen LogP contribution in [0, 0.1) is 12.7 Å². The number of ether oxygens (including phenoxy) is 1. The first-order valence-corrected chi connectivity index (χ1v) is 14.8. The highest BCUT2D eigenvalue weighted by Gasteiger charge is 2.35. The molecule has 1 N–H and O–H groups in total. The van der Waals surface area contributed by atoms with Crippen molar-refractivity contribution < 1.29 is 9.13 Å². The van der Waals surface area contributed by atoms with Crippen LogP contribution in [0.1, 0.15) is 19.4 Å². The molecule has 2 aliphatic heterocycles. The van der Waals surface area contributed by atoms with E-state index in [4.69, 9.17) is 26.3 Å². The lowest BCUT2D eigenvalue weighted by Crippen LogP contribution is -2.58. The molecule has 0 unspecified atom stereocenters. The number of aromatic nitrogens is 4. The number of hydrogen-bond acceptors (Lipinski definition) is 8. The summed E-state index contributed by atoms with van der Waals surface area (Å²) in [4.78, 5) is 26.5. The molecule has 4 aromatic rings. The Bertz CT molecular complexity index is 1630. The van der Waals surface area contributed by atoms with Crippen LogP contribution < -0.4 is 9.80 Å². The standard InChI is InChI=1S/C31H38ClFN8O/c1-7-10-42-17-40-12-20(4)41(13-19(40)3)30-22-11-23(32)26(25-18(2)8-9-24-29(25)35-16-34-24)27(33)28(22)36-31(37-30)39-14-21(15-39)38(5)6/h7-9,11,16,19-21H,1,10,12-15,17H2,2-6H3,(H,34,35)/t19-,20+/m1/s1. The molecule has 9 nitrogen and oxygen atoms in total. The lowest BCUT2D eigenvalue weighted by Gasteiger charge is -2.45. The summed E-state index contributed by atoms with van der Waals surface area (Å²) < 4.78 is 22.6. The van der Waals surface area contributed by atoms with Crippen LogP contribution >= 0.6 is 11.6 Å². The van der Waals surface area contributed by atoms with E-state index in [0.29, 0.717) is 64.7 Å². The smallest absolute Gasteiger partial charge is 0.228 e. The molecule has 2 atom stereocenters. The van der Waals surface area contributed by atoms with E-state index in [0.717, 1.165) is 30.7 Å². The zero-order valence-corrected chi connectivity index (χ0v) is 25.6. The Morgan fingerprint density at radius 2 is 1.90 bits per heavy atom. The van der Waals surface area contributed by atoms with Gasteiger partial charge in [0, 0.05) is 60.8 Å². The minimum absolute atomic E-state index is 0.104. The number of rotatable bonds is 8. The molecule has 0 bridgehead atoms. The van der Waals surface area contributed by atoms with Crippen molar-refractivity contribution >= 4 is 45.3 Å². The third-order valence-corrected chi connectivity index (χ3v) is 8.95. The van der Waals surface area contributed by atoms with E-state index in [2.05, 4.69) is 64.1 Å². The number of aryl methyl sites for hydroxylation is 1. The summed E-state index contributed by atoms with van der Waals surface area (Å²) in [5.41, 5.74) is 3.65. The van der Waals surface area contributed by atoms with Crippen LogP contribution in [-0.2, 0) is 4.74 Å². The summed E-state index contributed by atoms with van der Waals surface area (Å²) in [6.45, 7) is 14.1. The van der Waals surface area contributed by atoms with Crippen LogP contribution in [0.3, 0.4) is 0 Å². The average molecular weight is 593 g/mol. The summed E-state index contributed by atoms with van der Waals surface area (Å²) in [6.07, 6.45) is 3.38. The van der Waals surface area contributed by atoms with Crippen LogP contribution in [0.15, 0.2) is 37.2 Å². The lowest BCUT2D eigenvalue weighted by molar-refractivity contribution is 0.00906. The first-order valence-electron chi connectivity index (χ1n) is 14.4. The first kappa shape index (κ1) is 28.8. The molecular weight excluding hydrogens is 555 g/mol. The molecule has 6 rings (SSSR count). The molecule has 0 spiro atoms. The maximum atomic E-state index is 16.9. The Balaban J connectivity index is 1.48. The largest absolute Gasteiger partial charge is 0.362 e. The molecule has 11 heteroatoms. The maximum Gasteiger partial charge on any atom is 0.228 e. The molecule has 2 aliphatic rings. The predicted octanol–water partition coefficient (Wildman–Crippen LogP) is 5.08. The average Bonchev–Trinajstić information content (AvgIpc) is 3.40. The molecule has 0 radical (unpaired) electrons. The molecule has 0 saturated carbocycles. The monoisotopic (exact) mass is 592 g/mol. The second kappa shape index (κ2) is 11.4. The van der Waals surface area contributed by atoms with Crippen molar-refractivity contribution in [1.82, 2.24) is 29.7 Å². The summed E-state index contributed by atoms with van der Waals surface area (Å²) in [5, 5.41) is 0.918. The number of anilines is 2. The van der Waals surface area contributed by atoms with Gasteiger partial charge in [-0.15, -0.1) is 6.58 Å². The summed E-state index contributed by atoms with van der Waals surface area (Å²) in [7, 11) is 4.14. The van der Waals surface area contributed by atoms with E-state index < -0.39 is 5.82 Å². The van der Waals surface area contributed by atoms with Crippen LogP contribution in [0.2, 0.25) is 5.02 Å². The van der Waals surface area contributed by atoms with Crippen LogP contribution in [0.5, 0.6) is 0 Å². The van der Waals surface area contributed by atoms with E-state index in [1.165, 1.54) is 0 Å². The van der Waals surface area contributed by atoms with Crippen molar-refractivity contribution in [1.29, 1.82) is 0 Å². The van der Waals surface area contributed by atoms with Gasteiger partial charge in [-0.3, -0.25) is 4.90 Å². The molecule has 42 heavy (non-hydrogen) atoms. The lowest BCUT2D eigenvalue weighted by atomic mass is 9.96. The van der Waals surface area contributed by atoms with Crippen molar-refractivity contribution in [2.24, 2.45) is 0 Å². The number of benzene rings is 2. The number of H-pyrrole nitrogens is 1. The van der Waals surface area contributed by atoms with Crippen molar-refractivity contribution in [3.05, 3.63) is 53.6 Å². The summed E-state index contributed by atoms with van der Waals surface area (Å²) in [5.74, 6) is 0.785. The van der Waals surface area contributed by atoms with Crippen molar-refractivity contribution in [2.45, 2.75) is 38.9 Å². The van der Waals surface area contributed by atoms with Gasteiger partial charge < -0.3 is 24.4 Å². The fourth-order valence-corrected chi connectivity index (χ4v) is 6.34. The SMILES string of the molecule is C=CCOCN1C[C@H](C)N(c2nc(N3CC(N(C)C)C3)nc3c(F)c(-c4c(C)ccc5[nH]cnc45)c(Cl)cc23)C[C@H]1C. The highest BCUT2D eigenvalue weighted by molar-refractivity contribution is 6.35. The maximum absolute atomic E-state index is 16.9. The number of fused-ring (bicyclic) bond motifs is 2. The third kappa shape index (κ3) is 5.00. The number of piperazine rings is 1. The van der Waals surface area contributed by atoms with Gasteiger partial charge in [-0.1, -0.05) is 23.7 Å². The molecule has 4 heterocycles. The Kier molecular flexibility index (Phi) is 7.82. The second-order valence-electron chi connectivity index (χ2n) is 11.8. The van der Waals surface area contributed by atoms with Gasteiger partial charge in [0.25, 0.3) is 0 Å². The Labute approximate surface area is 250 Å². The molecule has 2 saturated heterocycles. The molecule has 0 aliphatic carbocycles. The van der Waals surface area contributed by atoms with E-state index in [9.17, 15) is 0 Å². The van der Waals surface area contributed by atoms with Gasteiger partial charge in [-0.25, -0.2) is 14.4 Å². The molecule has 222 valence electrons. The van der Waals surface area contributed by atoms with Crippen LogP contribution in [0.4, 0.5) is 16.2 Å². The topological polar surface area (TPSA) is 76.7 Å². The Morgan fingerprint density at radius 1 is 1.12 bits per heavy atom. The number of halogens is 2. The van der Waals surface area contributed by atoms with Gasteiger partial charge in [0.15, 0.2) is 5.82 Å². The van der Waals surface area contributed by atoms with Gasteiger partial charge in [-0.2, -0.15) is 4.98 Å². The highest BCUT2D eigenvalue weighted by Crippen LogP contribution is 2.42. The van der Waals surface area contributed by atoms with E-state index in [1.54, 1.807) is 12.4 Å². The van der Waals surface area contributed by atoms with Gasteiger partial charge >= 0.3 is 0 Å². The van der Waals surface area contributed by atoms with Gasteiger partial charge in [-0.05, 0) is 52.6 Å². The number of imidazole rings is 1. The fourth-order valence-electron chi connectivity index (χ4n) is 6.05. The fraction of sp³-hybridized carbons (Fsp3) is 0.452.